The summed E-state index contributed by atoms with van der Waals surface area (Å²) >= 11 is 0. The molecule has 1 aromatic heterocycles. The van der Waals surface area contributed by atoms with Gasteiger partial charge in [-0.1, -0.05) is 6.92 Å². The lowest BCUT2D eigenvalue weighted by atomic mass is 9.82. The molecule has 0 radical (unpaired) electrons. The first-order chi connectivity index (χ1) is 8.09. The van der Waals surface area contributed by atoms with Crippen LogP contribution in [0.25, 0.3) is 0 Å². The summed E-state index contributed by atoms with van der Waals surface area (Å²) < 4.78 is 5.39. The predicted molar refractivity (Wildman–Crippen MR) is 67.8 cm³/mol. The molecule has 1 saturated heterocycles. The van der Waals surface area contributed by atoms with Crippen molar-refractivity contribution in [3.63, 3.8) is 0 Å². The van der Waals surface area contributed by atoms with Crippen molar-refractivity contribution in [3.8, 4) is 0 Å². The molecule has 5 nitrogen and oxygen atoms in total. The number of hydrogen-bond acceptors (Lipinski definition) is 5. The summed E-state index contributed by atoms with van der Waals surface area (Å²) in [7, 11) is 0. The highest BCUT2D eigenvalue weighted by Gasteiger charge is 2.27. The third-order valence-corrected chi connectivity index (χ3v) is 3.37. The van der Waals surface area contributed by atoms with Crippen LogP contribution in [0.5, 0.6) is 0 Å². The van der Waals surface area contributed by atoms with Crippen molar-refractivity contribution in [1.29, 1.82) is 0 Å². The molecule has 0 bridgehead atoms. The van der Waals surface area contributed by atoms with Crippen LogP contribution in [0, 0.1) is 12.3 Å². The number of nitrogens with one attached hydrogen (secondary N) is 1. The number of nitrogens with zero attached hydrogens (tertiary/aromatic N) is 2. The van der Waals surface area contributed by atoms with Crippen molar-refractivity contribution in [2.45, 2.75) is 26.7 Å². The molecule has 0 unspecified atom stereocenters. The first-order valence-corrected chi connectivity index (χ1v) is 6.00. The number of nitrogens with two attached hydrogens (primary N) is 1. The molecule has 94 valence electrons. The van der Waals surface area contributed by atoms with Gasteiger partial charge in [0.05, 0.1) is 0 Å². The molecular weight excluding hydrogens is 216 g/mol. The van der Waals surface area contributed by atoms with Gasteiger partial charge in [-0.15, -0.1) is 0 Å². The summed E-state index contributed by atoms with van der Waals surface area (Å²) in [5.74, 6) is 1.15. The smallest absolute Gasteiger partial charge is 0.221 e. The van der Waals surface area contributed by atoms with Crippen LogP contribution in [0.2, 0.25) is 0 Å². The third kappa shape index (κ3) is 3.06. The van der Waals surface area contributed by atoms with Gasteiger partial charge in [0.2, 0.25) is 5.95 Å². The fraction of sp³-hybridized carbons (Fsp3) is 0.667. The van der Waals surface area contributed by atoms with Crippen molar-refractivity contribution >= 4 is 11.8 Å². The van der Waals surface area contributed by atoms with Gasteiger partial charge >= 0.3 is 0 Å². The van der Waals surface area contributed by atoms with Crippen LogP contribution in [0.15, 0.2) is 6.20 Å². The van der Waals surface area contributed by atoms with Gasteiger partial charge in [-0.3, -0.25) is 0 Å². The fourth-order valence-electron chi connectivity index (χ4n) is 1.97. The van der Waals surface area contributed by atoms with E-state index in [0.29, 0.717) is 5.95 Å². The summed E-state index contributed by atoms with van der Waals surface area (Å²) in [6, 6.07) is 0. The van der Waals surface area contributed by atoms with E-state index in [1.807, 2.05) is 6.92 Å². The van der Waals surface area contributed by atoms with Gasteiger partial charge in [-0.2, -0.15) is 4.98 Å². The maximum absolute atomic E-state index is 5.59. The van der Waals surface area contributed by atoms with E-state index >= 15 is 0 Å². The predicted octanol–water partition coefficient (Wildman–Crippen LogP) is 1.60. The minimum absolute atomic E-state index is 0.282. The Labute approximate surface area is 102 Å². The monoisotopic (exact) mass is 236 g/mol. The average molecular weight is 236 g/mol. The third-order valence-electron chi connectivity index (χ3n) is 3.37. The molecule has 0 saturated carbocycles. The van der Waals surface area contributed by atoms with Crippen LogP contribution in [0.1, 0.15) is 25.3 Å². The highest BCUT2D eigenvalue weighted by Crippen LogP contribution is 2.30. The zero-order chi connectivity index (χ0) is 12.3. The molecular formula is C12H20N4O. The maximum atomic E-state index is 5.59. The SMILES string of the molecule is Cc1cnc(N)nc1NCC1(C)CCOCC1. The highest BCUT2D eigenvalue weighted by atomic mass is 16.5. The van der Waals surface area contributed by atoms with E-state index in [2.05, 4.69) is 22.2 Å². The average Bonchev–Trinajstić information content (AvgIpc) is 2.31. The molecule has 0 aromatic carbocycles. The molecule has 0 atom stereocenters. The van der Waals surface area contributed by atoms with Crippen LogP contribution >= 0.6 is 0 Å². The van der Waals surface area contributed by atoms with Gasteiger partial charge in [-0.05, 0) is 25.2 Å². The van der Waals surface area contributed by atoms with E-state index in [1.54, 1.807) is 6.20 Å². The quantitative estimate of drug-likeness (QED) is 0.834. The van der Waals surface area contributed by atoms with Gasteiger partial charge in [0, 0.05) is 31.5 Å². The number of anilines is 2. The molecule has 0 amide bonds. The zero-order valence-corrected chi connectivity index (χ0v) is 10.5. The highest BCUT2D eigenvalue weighted by molar-refractivity contribution is 5.45. The van der Waals surface area contributed by atoms with Gasteiger partial charge < -0.3 is 15.8 Å². The van der Waals surface area contributed by atoms with E-state index in [4.69, 9.17) is 10.5 Å². The Balaban J connectivity index is 1.99. The molecule has 2 rings (SSSR count). The number of aryl methyl sites for hydroxylation is 1. The Morgan fingerprint density at radius 1 is 1.47 bits per heavy atom. The molecule has 3 N–H and O–H groups in total. The van der Waals surface area contributed by atoms with E-state index in [9.17, 15) is 0 Å². The molecule has 1 aromatic rings. The van der Waals surface area contributed by atoms with Gasteiger partial charge in [0.15, 0.2) is 0 Å². The summed E-state index contributed by atoms with van der Waals surface area (Å²) in [4.78, 5) is 8.17. The van der Waals surface area contributed by atoms with Crippen molar-refractivity contribution in [1.82, 2.24) is 9.97 Å². The van der Waals surface area contributed by atoms with Crippen LogP contribution in [0.4, 0.5) is 11.8 Å². The van der Waals surface area contributed by atoms with Crippen LogP contribution in [0.3, 0.4) is 0 Å². The lowest BCUT2D eigenvalue weighted by Gasteiger charge is -2.33. The molecule has 17 heavy (non-hydrogen) atoms. The molecule has 1 fully saturated rings. The number of ether oxygens (including phenoxy) is 1. The summed E-state index contributed by atoms with van der Waals surface area (Å²) in [6.07, 6.45) is 3.91. The Morgan fingerprint density at radius 3 is 2.88 bits per heavy atom. The van der Waals surface area contributed by atoms with E-state index in [0.717, 1.165) is 44.0 Å². The van der Waals surface area contributed by atoms with Crippen LogP contribution in [-0.4, -0.2) is 29.7 Å². The minimum atomic E-state index is 0.282. The first-order valence-electron chi connectivity index (χ1n) is 6.00. The first kappa shape index (κ1) is 12.1. The van der Waals surface area contributed by atoms with Crippen molar-refractivity contribution in [2.24, 2.45) is 5.41 Å². The number of hydrogen-bond donors (Lipinski definition) is 2. The number of aromatic nitrogens is 2. The summed E-state index contributed by atoms with van der Waals surface area (Å²) in [5.41, 5.74) is 6.89. The van der Waals surface area contributed by atoms with Gasteiger partial charge in [0.1, 0.15) is 5.82 Å². The second kappa shape index (κ2) is 4.87. The molecule has 0 spiro atoms. The Kier molecular flexibility index (Phi) is 3.47. The molecule has 2 heterocycles. The zero-order valence-electron chi connectivity index (χ0n) is 10.5. The molecule has 1 aliphatic heterocycles. The minimum Gasteiger partial charge on any atom is -0.381 e. The maximum Gasteiger partial charge on any atom is 0.221 e. The van der Waals surface area contributed by atoms with Gasteiger partial charge in [-0.25, -0.2) is 4.98 Å². The number of rotatable bonds is 3. The fourth-order valence-corrected chi connectivity index (χ4v) is 1.97. The molecule has 0 aliphatic carbocycles. The second-order valence-electron chi connectivity index (χ2n) is 5.04. The van der Waals surface area contributed by atoms with Crippen molar-refractivity contribution in [3.05, 3.63) is 11.8 Å². The lowest BCUT2D eigenvalue weighted by molar-refractivity contribution is 0.0299. The second-order valence-corrected chi connectivity index (χ2v) is 5.04. The van der Waals surface area contributed by atoms with Crippen LogP contribution < -0.4 is 11.1 Å². The topological polar surface area (TPSA) is 73.1 Å². The standard InChI is InChI=1S/C12H20N4O/c1-9-7-14-11(13)16-10(9)15-8-12(2)3-5-17-6-4-12/h7H,3-6,8H2,1-2H3,(H3,13,14,15,16). The van der Waals surface area contributed by atoms with E-state index in [1.165, 1.54) is 0 Å². The van der Waals surface area contributed by atoms with Crippen molar-refractivity contribution < 1.29 is 4.74 Å². The largest absolute Gasteiger partial charge is 0.381 e. The van der Waals surface area contributed by atoms with Crippen LogP contribution in [-0.2, 0) is 4.74 Å². The van der Waals surface area contributed by atoms with Gasteiger partial charge in [0.25, 0.3) is 0 Å². The Bertz CT molecular complexity index is 388. The lowest BCUT2D eigenvalue weighted by Crippen LogP contribution is -2.33. The Hall–Kier alpha value is -1.36. The van der Waals surface area contributed by atoms with Crippen molar-refractivity contribution in [2.75, 3.05) is 30.8 Å². The summed E-state index contributed by atoms with van der Waals surface area (Å²) in [5, 5.41) is 3.38. The van der Waals surface area contributed by atoms with E-state index in [-0.39, 0.29) is 5.41 Å². The number of nitrogen functional groups attached to an aromatic ring is 1. The Morgan fingerprint density at radius 2 is 2.18 bits per heavy atom. The van der Waals surface area contributed by atoms with E-state index < -0.39 is 0 Å². The normalized spacial score (nSPS) is 18.9. The molecule has 1 aliphatic rings. The molecule has 5 heteroatoms. The summed E-state index contributed by atoms with van der Waals surface area (Å²) in [6.45, 7) is 6.86.